The molecule has 3 nitrogen and oxygen atoms in total. The molecular weight excluding hydrogens is 208 g/mol. The van der Waals surface area contributed by atoms with Crippen molar-refractivity contribution in [3.8, 4) is 0 Å². The standard InChI is InChI=1S/C11H20N2OS/c1-2-3-4-5-6-14-8-10-9-15-11(7-12)13-10/h9H,2-8,12H2,1H3. The maximum Gasteiger partial charge on any atom is 0.107 e. The van der Waals surface area contributed by atoms with Gasteiger partial charge in [-0.05, 0) is 6.42 Å². The van der Waals surface area contributed by atoms with E-state index in [-0.39, 0.29) is 0 Å². The molecule has 0 fully saturated rings. The Morgan fingerprint density at radius 2 is 2.27 bits per heavy atom. The van der Waals surface area contributed by atoms with Gasteiger partial charge in [-0.3, -0.25) is 0 Å². The average Bonchev–Trinajstić information content (AvgIpc) is 2.71. The number of aromatic nitrogens is 1. The van der Waals surface area contributed by atoms with Gasteiger partial charge in [0.2, 0.25) is 0 Å². The van der Waals surface area contributed by atoms with Crippen LogP contribution in [-0.4, -0.2) is 11.6 Å². The normalized spacial score (nSPS) is 10.8. The van der Waals surface area contributed by atoms with Crippen LogP contribution in [0.25, 0.3) is 0 Å². The third kappa shape index (κ3) is 5.25. The Labute approximate surface area is 95.7 Å². The first kappa shape index (κ1) is 12.6. The summed E-state index contributed by atoms with van der Waals surface area (Å²) in [7, 11) is 0. The molecule has 0 aromatic carbocycles. The zero-order valence-corrected chi connectivity index (χ0v) is 10.2. The topological polar surface area (TPSA) is 48.1 Å². The lowest BCUT2D eigenvalue weighted by molar-refractivity contribution is 0.114. The first-order valence-electron chi connectivity index (χ1n) is 5.58. The number of unbranched alkanes of at least 4 members (excludes halogenated alkanes) is 3. The van der Waals surface area contributed by atoms with Crippen molar-refractivity contribution in [2.24, 2.45) is 5.73 Å². The van der Waals surface area contributed by atoms with Crippen LogP contribution in [0.4, 0.5) is 0 Å². The molecule has 15 heavy (non-hydrogen) atoms. The van der Waals surface area contributed by atoms with E-state index in [9.17, 15) is 0 Å². The molecule has 1 heterocycles. The van der Waals surface area contributed by atoms with Crippen molar-refractivity contribution in [3.63, 3.8) is 0 Å². The van der Waals surface area contributed by atoms with E-state index in [2.05, 4.69) is 11.9 Å². The molecule has 0 aliphatic carbocycles. The van der Waals surface area contributed by atoms with Gasteiger partial charge in [-0.2, -0.15) is 0 Å². The highest BCUT2D eigenvalue weighted by atomic mass is 32.1. The van der Waals surface area contributed by atoms with Gasteiger partial charge in [-0.15, -0.1) is 11.3 Å². The molecule has 0 spiro atoms. The minimum atomic E-state index is 0.529. The first-order valence-corrected chi connectivity index (χ1v) is 6.46. The van der Waals surface area contributed by atoms with Crippen LogP contribution in [0, 0.1) is 0 Å². The van der Waals surface area contributed by atoms with Gasteiger partial charge in [0.1, 0.15) is 5.01 Å². The summed E-state index contributed by atoms with van der Waals surface area (Å²) in [5, 5.41) is 3.01. The van der Waals surface area contributed by atoms with Crippen molar-refractivity contribution in [2.45, 2.75) is 45.8 Å². The van der Waals surface area contributed by atoms with Crippen LogP contribution in [0.2, 0.25) is 0 Å². The van der Waals surface area contributed by atoms with Gasteiger partial charge < -0.3 is 10.5 Å². The van der Waals surface area contributed by atoms with E-state index in [0.717, 1.165) is 23.7 Å². The zero-order chi connectivity index (χ0) is 10.9. The fourth-order valence-corrected chi connectivity index (χ4v) is 1.98. The Balaban J connectivity index is 2.04. The minimum Gasteiger partial charge on any atom is -0.375 e. The summed E-state index contributed by atoms with van der Waals surface area (Å²) in [6, 6.07) is 0. The summed E-state index contributed by atoms with van der Waals surface area (Å²) in [6.45, 7) is 4.21. The quantitative estimate of drug-likeness (QED) is 0.696. The summed E-state index contributed by atoms with van der Waals surface area (Å²) in [6.07, 6.45) is 4.99. The van der Waals surface area contributed by atoms with Gasteiger partial charge in [-0.1, -0.05) is 26.2 Å². The second-order valence-corrected chi connectivity index (χ2v) is 4.49. The summed E-state index contributed by atoms with van der Waals surface area (Å²) in [5.74, 6) is 0. The van der Waals surface area contributed by atoms with Crippen molar-refractivity contribution in [1.29, 1.82) is 0 Å². The number of hydrogen-bond acceptors (Lipinski definition) is 4. The lowest BCUT2D eigenvalue weighted by atomic mass is 10.2. The highest BCUT2D eigenvalue weighted by molar-refractivity contribution is 7.09. The molecule has 1 rings (SSSR count). The van der Waals surface area contributed by atoms with Crippen LogP contribution in [-0.2, 0) is 17.9 Å². The van der Waals surface area contributed by atoms with Crippen molar-refractivity contribution in [2.75, 3.05) is 6.61 Å². The van der Waals surface area contributed by atoms with E-state index < -0.39 is 0 Å². The number of nitrogens with two attached hydrogens (primary N) is 1. The summed E-state index contributed by atoms with van der Waals surface area (Å²) < 4.78 is 5.53. The van der Waals surface area contributed by atoms with E-state index in [1.54, 1.807) is 11.3 Å². The second-order valence-electron chi connectivity index (χ2n) is 3.55. The second kappa shape index (κ2) is 7.79. The van der Waals surface area contributed by atoms with Crippen LogP contribution >= 0.6 is 11.3 Å². The molecule has 0 aliphatic rings. The lowest BCUT2D eigenvalue weighted by Crippen LogP contribution is -1.98. The molecule has 0 bridgehead atoms. The molecule has 0 unspecified atom stereocenters. The molecule has 0 saturated carbocycles. The number of nitrogens with zero attached hydrogens (tertiary/aromatic N) is 1. The highest BCUT2D eigenvalue weighted by Gasteiger charge is 1.99. The molecule has 86 valence electrons. The molecule has 4 heteroatoms. The molecule has 1 aromatic heterocycles. The maximum atomic E-state index is 5.53. The van der Waals surface area contributed by atoms with Crippen LogP contribution in [0.1, 0.15) is 43.3 Å². The average molecular weight is 228 g/mol. The molecule has 0 aliphatic heterocycles. The van der Waals surface area contributed by atoms with Gasteiger partial charge in [0.15, 0.2) is 0 Å². The highest BCUT2D eigenvalue weighted by Crippen LogP contribution is 2.10. The van der Waals surface area contributed by atoms with Crippen LogP contribution in [0.5, 0.6) is 0 Å². The monoisotopic (exact) mass is 228 g/mol. The third-order valence-electron chi connectivity index (χ3n) is 2.17. The van der Waals surface area contributed by atoms with Crippen molar-refractivity contribution >= 4 is 11.3 Å². The van der Waals surface area contributed by atoms with Crippen molar-refractivity contribution in [1.82, 2.24) is 4.98 Å². The Hall–Kier alpha value is -0.450. The predicted molar refractivity (Wildman–Crippen MR) is 63.8 cm³/mol. The van der Waals surface area contributed by atoms with Gasteiger partial charge >= 0.3 is 0 Å². The van der Waals surface area contributed by atoms with Gasteiger partial charge in [0.25, 0.3) is 0 Å². The number of rotatable bonds is 8. The molecular formula is C11H20N2OS. The maximum absolute atomic E-state index is 5.53. The van der Waals surface area contributed by atoms with Gasteiger partial charge in [0, 0.05) is 18.5 Å². The largest absolute Gasteiger partial charge is 0.375 e. The van der Waals surface area contributed by atoms with Crippen molar-refractivity contribution in [3.05, 3.63) is 16.1 Å². The molecule has 1 aromatic rings. The zero-order valence-electron chi connectivity index (χ0n) is 9.37. The van der Waals surface area contributed by atoms with Gasteiger partial charge in [-0.25, -0.2) is 4.98 Å². The molecule has 0 radical (unpaired) electrons. The number of thiazole rings is 1. The van der Waals surface area contributed by atoms with E-state index in [0.29, 0.717) is 13.2 Å². The van der Waals surface area contributed by atoms with Crippen LogP contribution in [0.15, 0.2) is 5.38 Å². The van der Waals surface area contributed by atoms with E-state index >= 15 is 0 Å². The molecule has 0 saturated heterocycles. The SMILES string of the molecule is CCCCCCOCc1csc(CN)n1. The molecule has 2 N–H and O–H groups in total. The summed E-state index contributed by atoms with van der Waals surface area (Å²) in [4.78, 5) is 4.33. The first-order chi connectivity index (χ1) is 7.36. The fraction of sp³-hybridized carbons (Fsp3) is 0.727. The third-order valence-corrected chi connectivity index (χ3v) is 3.09. The molecule has 0 atom stereocenters. The lowest BCUT2D eigenvalue weighted by Gasteiger charge is -2.01. The number of hydrogen-bond donors (Lipinski definition) is 1. The van der Waals surface area contributed by atoms with E-state index in [1.807, 2.05) is 5.38 Å². The fourth-order valence-electron chi connectivity index (χ4n) is 1.32. The van der Waals surface area contributed by atoms with Crippen LogP contribution < -0.4 is 5.73 Å². The van der Waals surface area contributed by atoms with E-state index in [1.165, 1.54) is 19.3 Å². The van der Waals surface area contributed by atoms with Crippen molar-refractivity contribution < 1.29 is 4.74 Å². The smallest absolute Gasteiger partial charge is 0.107 e. The Morgan fingerprint density at radius 1 is 1.40 bits per heavy atom. The number of ether oxygens (including phenoxy) is 1. The Kier molecular flexibility index (Phi) is 6.55. The van der Waals surface area contributed by atoms with Crippen LogP contribution in [0.3, 0.4) is 0 Å². The van der Waals surface area contributed by atoms with Gasteiger partial charge in [0.05, 0.1) is 12.3 Å². The summed E-state index contributed by atoms with van der Waals surface area (Å²) >= 11 is 1.61. The Morgan fingerprint density at radius 3 is 2.93 bits per heavy atom. The predicted octanol–water partition coefficient (Wildman–Crippen LogP) is 2.70. The summed E-state index contributed by atoms with van der Waals surface area (Å²) in [5.41, 5.74) is 6.49. The molecule has 0 amide bonds. The minimum absolute atomic E-state index is 0.529. The Bertz CT molecular complexity index is 263. The van der Waals surface area contributed by atoms with E-state index in [4.69, 9.17) is 10.5 Å².